The minimum absolute atomic E-state index is 0.154. The number of methoxy groups -OCH3 is 1. The molecule has 0 amide bonds. The maximum atomic E-state index is 11.7. The minimum atomic E-state index is -0.360. The largest absolute Gasteiger partial charge is 0.485 e. The highest BCUT2D eigenvalue weighted by Crippen LogP contribution is 2.39. The fraction of sp³-hybridized carbons (Fsp3) is 0.320. The van der Waals surface area contributed by atoms with E-state index in [9.17, 15) is 4.79 Å². The zero-order valence-corrected chi connectivity index (χ0v) is 17.3. The van der Waals surface area contributed by atoms with Crippen LogP contribution in [0.5, 0.6) is 5.75 Å². The zero-order chi connectivity index (χ0) is 20.9. The van der Waals surface area contributed by atoms with E-state index < -0.39 is 0 Å². The standard InChI is InChI=1S/C25H26O5/c1-17-22(16-23(29-17)18-6-4-3-5-7-18)24(19-12-14-28-15-13-19)30-21-10-8-20(9-11-21)25(26)27-2/h3-11,16,19,24H,12-15H2,1-2H3. The molecule has 1 fully saturated rings. The molecular formula is C25H26O5. The predicted molar refractivity (Wildman–Crippen MR) is 114 cm³/mol. The molecule has 2 aromatic carbocycles. The highest BCUT2D eigenvalue weighted by atomic mass is 16.5. The molecule has 2 heterocycles. The van der Waals surface area contributed by atoms with Crippen molar-refractivity contribution in [1.82, 2.24) is 0 Å². The van der Waals surface area contributed by atoms with Crippen molar-refractivity contribution in [3.8, 4) is 17.1 Å². The van der Waals surface area contributed by atoms with Crippen molar-refractivity contribution in [2.24, 2.45) is 5.92 Å². The first kappa shape index (κ1) is 20.2. The Bertz CT molecular complexity index is 969. The molecule has 30 heavy (non-hydrogen) atoms. The second-order valence-corrected chi connectivity index (χ2v) is 7.49. The number of aryl methyl sites for hydroxylation is 1. The van der Waals surface area contributed by atoms with Crippen LogP contribution in [0.1, 0.15) is 40.6 Å². The Kier molecular flexibility index (Phi) is 6.19. The SMILES string of the molecule is COC(=O)c1ccc(OC(c2cc(-c3ccccc3)oc2C)C2CCOCC2)cc1. The molecule has 1 aliphatic heterocycles. The number of esters is 1. The number of carbonyl (C=O) groups is 1. The number of benzene rings is 2. The average molecular weight is 406 g/mol. The van der Waals surface area contributed by atoms with E-state index >= 15 is 0 Å². The van der Waals surface area contributed by atoms with Gasteiger partial charge < -0.3 is 18.6 Å². The molecule has 0 spiro atoms. The summed E-state index contributed by atoms with van der Waals surface area (Å²) in [5.41, 5.74) is 2.59. The Hall–Kier alpha value is -3.05. The normalized spacial score (nSPS) is 15.5. The van der Waals surface area contributed by atoms with Gasteiger partial charge in [0.25, 0.3) is 0 Å². The summed E-state index contributed by atoms with van der Waals surface area (Å²) in [6.45, 7) is 3.44. The van der Waals surface area contributed by atoms with Gasteiger partial charge in [-0.15, -0.1) is 0 Å². The third kappa shape index (κ3) is 4.41. The van der Waals surface area contributed by atoms with Crippen molar-refractivity contribution in [2.75, 3.05) is 20.3 Å². The second-order valence-electron chi connectivity index (χ2n) is 7.49. The van der Waals surface area contributed by atoms with Gasteiger partial charge in [-0.05, 0) is 50.1 Å². The van der Waals surface area contributed by atoms with Crippen LogP contribution in [0.2, 0.25) is 0 Å². The predicted octanol–water partition coefficient (Wildman–Crippen LogP) is 5.59. The molecule has 1 unspecified atom stereocenters. The number of ether oxygens (including phenoxy) is 3. The Balaban J connectivity index is 1.64. The van der Waals surface area contributed by atoms with Crippen LogP contribution in [0.15, 0.2) is 65.1 Å². The van der Waals surface area contributed by atoms with Gasteiger partial charge >= 0.3 is 5.97 Å². The van der Waals surface area contributed by atoms with Gasteiger partial charge in [0.1, 0.15) is 23.4 Å². The Morgan fingerprint density at radius 2 is 1.73 bits per heavy atom. The highest BCUT2D eigenvalue weighted by molar-refractivity contribution is 5.89. The number of carbonyl (C=O) groups excluding carboxylic acids is 1. The highest BCUT2D eigenvalue weighted by Gasteiger charge is 2.30. The fourth-order valence-corrected chi connectivity index (χ4v) is 3.89. The van der Waals surface area contributed by atoms with Crippen LogP contribution in [0.4, 0.5) is 0 Å². The third-order valence-electron chi connectivity index (χ3n) is 5.55. The van der Waals surface area contributed by atoms with E-state index in [4.69, 9.17) is 18.6 Å². The van der Waals surface area contributed by atoms with Gasteiger partial charge in [0.15, 0.2) is 0 Å². The second kappa shape index (κ2) is 9.18. The van der Waals surface area contributed by atoms with E-state index in [0.717, 1.165) is 48.7 Å². The molecule has 3 aromatic rings. The molecule has 4 rings (SSSR count). The van der Waals surface area contributed by atoms with E-state index in [0.29, 0.717) is 17.2 Å². The van der Waals surface area contributed by atoms with Crippen LogP contribution in [-0.2, 0) is 9.47 Å². The van der Waals surface area contributed by atoms with Crippen LogP contribution in [0.25, 0.3) is 11.3 Å². The number of furan rings is 1. The smallest absolute Gasteiger partial charge is 0.337 e. The summed E-state index contributed by atoms with van der Waals surface area (Å²) in [5, 5.41) is 0. The molecule has 0 aliphatic carbocycles. The minimum Gasteiger partial charge on any atom is -0.485 e. The van der Waals surface area contributed by atoms with Crippen LogP contribution in [-0.4, -0.2) is 26.3 Å². The summed E-state index contributed by atoms with van der Waals surface area (Å²) in [4.78, 5) is 11.7. The lowest BCUT2D eigenvalue weighted by Crippen LogP contribution is -2.26. The van der Waals surface area contributed by atoms with Crippen molar-refractivity contribution in [3.63, 3.8) is 0 Å². The summed E-state index contributed by atoms with van der Waals surface area (Å²) in [6.07, 6.45) is 1.70. The van der Waals surface area contributed by atoms with Crippen molar-refractivity contribution in [3.05, 3.63) is 77.6 Å². The monoisotopic (exact) mass is 406 g/mol. The summed E-state index contributed by atoms with van der Waals surface area (Å²) >= 11 is 0. The van der Waals surface area contributed by atoms with Crippen LogP contribution in [0.3, 0.4) is 0 Å². The van der Waals surface area contributed by atoms with Gasteiger partial charge in [-0.3, -0.25) is 0 Å². The van der Waals surface area contributed by atoms with Gasteiger partial charge in [0.05, 0.1) is 12.7 Å². The molecule has 0 bridgehead atoms. The molecule has 156 valence electrons. The molecule has 0 N–H and O–H groups in total. The van der Waals surface area contributed by atoms with E-state index in [-0.39, 0.29) is 12.1 Å². The van der Waals surface area contributed by atoms with Crippen LogP contribution >= 0.6 is 0 Å². The van der Waals surface area contributed by atoms with Gasteiger partial charge in [-0.2, -0.15) is 0 Å². The molecule has 1 atom stereocenters. The molecule has 0 saturated carbocycles. The molecule has 1 saturated heterocycles. The first-order chi connectivity index (χ1) is 14.7. The maximum Gasteiger partial charge on any atom is 0.337 e. The van der Waals surface area contributed by atoms with Crippen LogP contribution < -0.4 is 4.74 Å². The van der Waals surface area contributed by atoms with Crippen molar-refractivity contribution >= 4 is 5.97 Å². The summed E-state index contributed by atoms with van der Waals surface area (Å²) in [6, 6.07) is 19.2. The number of hydrogen-bond donors (Lipinski definition) is 0. The molecule has 0 radical (unpaired) electrons. The number of rotatable bonds is 6. The fourth-order valence-electron chi connectivity index (χ4n) is 3.89. The maximum absolute atomic E-state index is 11.7. The Morgan fingerprint density at radius 3 is 2.40 bits per heavy atom. The Morgan fingerprint density at radius 1 is 1.03 bits per heavy atom. The van der Waals surface area contributed by atoms with Crippen molar-refractivity contribution in [1.29, 1.82) is 0 Å². The van der Waals surface area contributed by atoms with Gasteiger partial charge in [-0.1, -0.05) is 30.3 Å². The van der Waals surface area contributed by atoms with Crippen LogP contribution in [0, 0.1) is 12.8 Å². The summed E-state index contributed by atoms with van der Waals surface area (Å²) in [5.74, 6) is 2.36. The van der Waals surface area contributed by atoms with E-state index in [1.165, 1.54) is 7.11 Å². The van der Waals surface area contributed by atoms with Gasteiger partial charge in [0.2, 0.25) is 0 Å². The quantitative estimate of drug-likeness (QED) is 0.500. The number of hydrogen-bond acceptors (Lipinski definition) is 5. The van der Waals surface area contributed by atoms with E-state index in [1.807, 2.05) is 49.4 Å². The zero-order valence-electron chi connectivity index (χ0n) is 17.3. The first-order valence-electron chi connectivity index (χ1n) is 10.2. The lowest BCUT2D eigenvalue weighted by molar-refractivity contribution is 0.0167. The lowest BCUT2D eigenvalue weighted by atomic mass is 9.89. The summed E-state index contributed by atoms with van der Waals surface area (Å²) < 4.78 is 22.9. The topological polar surface area (TPSA) is 57.9 Å². The molecule has 5 heteroatoms. The Labute approximate surface area is 176 Å². The summed E-state index contributed by atoms with van der Waals surface area (Å²) in [7, 11) is 1.37. The first-order valence-corrected chi connectivity index (χ1v) is 10.2. The van der Waals surface area contributed by atoms with Crippen molar-refractivity contribution < 1.29 is 23.4 Å². The molecule has 1 aromatic heterocycles. The van der Waals surface area contributed by atoms with E-state index in [1.54, 1.807) is 12.1 Å². The van der Waals surface area contributed by atoms with E-state index in [2.05, 4.69) is 6.07 Å². The van der Waals surface area contributed by atoms with Crippen molar-refractivity contribution in [2.45, 2.75) is 25.9 Å². The third-order valence-corrected chi connectivity index (χ3v) is 5.55. The molecular weight excluding hydrogens is 380 g/mol. The van der Waals surface area contributed by atoms with Gasteiger partial charge in [-0.25, -0.2) is 4.79 Å². The molecule has 1 aliphatic rings. The van der Waals surface area contributed by atoms with Gasteiger partial charge in [0, 0.05) is 30.3 Å². The average Bonchev–Trinajstić information content (AvgIpc) is 3.20. The lowest BCUT2D eigenvalue weighted by Gasteiger charge is -2.30. The molecule has 5 nitrogen and oxygen atoms in total.